The van der Waals surface area contributed by atoms with Gasteiger partial charge in [0, 0.05) is 19.7 Å². The van der Waals surface area contributed by atoms with Crippen LogP contribution in [0.4, 0.5) is 0 Å². The highest BCUT2D eigenvalue weighted by Gasteiger charge is 2.37. The number of carbonyl (C=O) groups is 1. The Kier molecular flexibility index (Phi) is 5.77. The standard InChI is InChI=1S/C12H24N2O2/c1-3-12(6-5-7-13-10-12)11(15)14-8-9-16-4-2/h13H,3-10H2,1-2H3,(H,14,15). The lowest BCUT2D eigenvalue weighted by molar-refractivity contribution is -0.132. The average molecular weight is 228 g/mol. The van der Waals surface area contributed by atoms with Gasteiger partial charge in [-0.2, -0.15) is 0 Å². The van der Waals surface area contributed by atoms with Crippen LogP contribution >= 0.6 is 0 Å². The van der Waals surface area contributed by atoms with Crippen molar-refractivity contribution >= 4 is 5.91 Å². The van der Waals surface area contributed by atoms with Crippen molar-refractivity contribution in [3.8, 4) is 0 Å². The SMILES string of the molecule is CCOCCNC(=O)C1(CC)CCCNC1. The van der Waals surface area contributed by atoms with E-state index >= 15 is 0 Å². The third-order valence-electron chi connectivity index (χ3n) is 3.37. The monoisotopic (exact) mass is 228 g/mol. The van der Waals surface area contributed by atoms with E-state index in [2.05, 4.69) is 17.6 Å². The summed E-state index contributed by atoms with van der Waals surface area (Å²) in [6, 6.07) is 0. The first-order valence-corrected chi connectivity index (χ1v) is 6.32. The number of carbonyl (C=O) groups excluding carboxylic acids is 1. The Labute approximate surface area is 98.1 Å². The van der Waals surface area contributed by atoms with Gasteiger partial charge in [0.1, 0.15) is 0 Å². The van der Waals surface area contributed by atoms with E-state index in [0.717, 1.165) is 32.4 Å². The highest BCUT2D eigenvalue weighted by molar-refractivity contribution is 5.83. The minimum absolute atomic E-state index is 0.182. The summed E-state index contributed by atoms with van der Waals surface area (Å²) in [6.45, 7) is 7.83. The van der Waals surface area contributed by atoms with Crippen molar-refractivity contribution in [2.24, 2.45) is 5.41 Å². The summed E-state index contributed by atoms with van der Waals surface area (Å²) in [5.74, 6) is 0.182. The molecule has 0 aromatic carbocycles. The van der Waals surface area contributed by atoms with Crippen LogP contribution in [0, 0.1) is 5.41 Å². The summed E-state index contributed by atoms with van der Waals surface area (Å²) in [7, 11) is 0. The molecule has 1 fully saturated rings. The van der Waals surface area contributed by atoms with Crippen LogP contribution in [0.3, 0.4) is 0 Å². The first kappa shape index (κ1) is 13.5. The lowest BCUT2D eigenvalue weighted by Crippen LogP contribution is -2.50. The molecule has 16 heavy (non-hydrogen) atoms. The minimum atomic E-state index is -0.190. The fraction of sp³-hybridized carbons (Fsp3) is 0.917. The number of nitrogens with one attached hydrogen (secondary N) is 2. The molecule has 1 amide bonds. The molecule has 4 nitrogen and oxygen atoms in total. The second-order valence-electron chi connectivity index (χ2n) is 4.37. The first-order valence-electron chi connectivity index (χ1n) is 6.32. The van der Waals surface area contributed by atoms with Crippen LogP contribution in [0.25, 0.3) is 0 Å². The lowest BCUT2D eigenvalue weighted by Gasteiger charge is -2.35. The second-order valence-corrected chi connectivity index (χ2v) is 4.37. The van der Waals surface area contributed by atoms with Gasteiger partial charge in [-0.3, -0.25) is 4.79 Å². The van der Waals surface area contributed by atoms with Crippen molar-refractivity contribution in [1.29, 1.82) is 0 Å². The zero-order valence-electron chi connectivity index (χ0n) is 10.5. The Bertz CT molecular complexity index is 213. The maximum atomic E-state index is 12.1. The minimum Gasteiger partial charge on any atom is -0.380 e. The normalized spacial score (nSPS) is 25.4. The van der Waals surface area contributed by atoms with E-state index in [0.29, 0.717) is 19.8 Å². The van der Waals surface area contributed by atoms with Crippen molar-refractivity contribution in [3.05, 3.63) is 0 Å². The first-order chi connectivity index (χ1) is 7.75. The van der Waals surface area contributed by atoms with E-state index < -0.39 is 0 Å². The van der Waals surface area contributed by atoms with Gasteiger partial charge in [-0.15, -0.1) is 0 Å². The maximum absolute atomic E-state index is 12.1. The molecule has 0 bridgehead atoms. The number of piperidine rings is 1. The predicted octanol–water partition coefficient (Wildman–Crippen LogP) is 0.919. The molecule has 4 heteroatoms. The van der Waals surface area contributed by atoms with Crippen LogP contribution in [0.5, 0.6) is 0 Å². The Balaban J connectivity index is 2.36. The van der Waals surface area contributed by atoms with Gasteiger partial charge in [0.05, 0.1) is 12.0 Å². The number of ether oxygens (including phenoxy) is 1. The smallest absolute Gasteiger partial charge is 0.227 e. The van der Waals surface area contributed by atoms with Crippen LogP contribution in [0.2, 0.25) is 0 Å². The summed E-state index contributed by atoms with van der Waals surface area (Å²) < 4.78 is 5.21. The largest absolute Gasteiger partial charge is 0.380 e. The molecule has 1 aliphatic rings. The van der Waals surface area contributed by atoms with Gasteiger partial charge in [-0.05, 0) is 32.7 Å². The van der Waals surface area contributed by atoms with Crippen LogP contribution in [-0.4, -0.2) is 38.8 Å². The molecule has 2 N–H and O–H groups in total. The maximum Gasteiger partial charge on any atom is 0.227 e. The molecular formula is C12H24N2O2. The van der Waals surface area contributed by atoms with Crippen molar-refractivity contribution in [2.75, 3.05) is 32.8 Å². The van der Waals surface area contributed by atoms with E-state index in [1.165, 1.54) is 0 Å². The van der Waals surface area contributed by atoms with Crippen LogP contribution < -0.4 is 10.6 Å². The van der Waals surface area contributed by atoms with Crippen LogP contribution in [-0.2, 0) is 9.53 Å². The molecule has 0 radical (unpaired) electrons. The molecular weight excluding hydrogens is 204 g/mol. The molecule has 0 aliphatic carbocycles. The molecule has 1 rings (SSSR count). The number of amides is 1. The molecule has 94 valence electrons. The van der Waals surface area contributed by atoms with Gasteiger partial charge in [-0.25, -0.2) is 0 Å². The van der Waals surface area contributed by atoms with Crippen molar-refractivity contribution in [2.45, 2.75) is 33.1 Å². The fourth-order valence-electron chi connectivity index (χ4n) is 2.19. The van der Waals surface area contributed by atoms with E-state index in [1.807, 2.05) is 6.92 Å². The van der Waals surface area contributed by atoms with Crippen LogP contribution in [0.1, 0.15) is 33.1 Å². The van der Waals surface area contributed by atoms with Gasteiger partial charge in [0.2, 0.25) is 5.91 Å². The zero-order chi connectivity index (χ0) is 11.9. The fourth-order valence-corrected chi connectivity index (χ4v) is 2.19. The van der Waals surface area contributed by atoms with Gasteiger partial charge < -0.3 is 15.4 Å². The molecule has 1 aliphatic heterocycles. The lowest BCUT2D eigenvalue weighted by atomic mass is 9.77. The highest BCUT2D eigenvalue weighted by Crippen LogP contribution is 2.29. The quantitative estimate of drug-likeness (QED) is 0.665. The Morgan fingerprint density at radius 2 is 2.31 bits per heavy atom. The van der Waals surface area contributed by atoms with Crippen molar-refractivity contribution in [3.63, 3.8) is 0 Å². The van der Waals surface area contributed by atoms with Gasteiger partial charge >= 0.3 is 0 Å². The third-order valence-corrected chi connectivity index (χ3v) is 3.37. The second kappa shape index (κ2) is 6.86. The topological polar surface area (TPSA) is 50.4 Å². The predicted molar refractivity (Wildman–Crippen MR) is 64.3 cm³/mol. The molecule has 1 atom stereocenters. The van der Waals surface area contributed by atoms with E-state index in [4.69, 9.17) is 4.74 Å². The molecule has 0 spiro atoms. The summed E-state index contributed by atoms with van der Waals surface area (Å²) >= 11 is 0. The molecule has 0 saturated carbocycles. The van der Waals surface area contributed by atoms with Crippen LogP contribution in [0.15, 0.2) is 0 Å². The summed E-state index contributed by atoms with van der Waals surface area (Å²) in [5.41, 5.74) is -0.190. The highest BCUT2D eigenvalue weighted by atomic mass is 16.5. The molecule has 1 unspecified atom stereocenters. The van der Waals surface area contributed by atoms with E-state index in [-0.39, 0.29) is 11.3 Å². The summed E-state index contributed by atoms with van der Waals surface area (Å²) in [4.78, 5) is 12.1. The van der Waals surface area contributed by atoms with Crippen molar-refractivity contribution in [1.82, 2.24) is 10.6 Å². The summed E-state index contributed by atoms with van der Waals surface area (Å²) in [5, 5.41) is 6.29. The number of hydrogen-bond donors (Lipinski definition) is 2. The summed E-state index contributed by atoms with van der Waals surface area (Å²) in [6.07, 6.45) is 2.99. The Morgan fingerprint density at radius 3 is 2.88 bits per heavy atom. The van der Waals surface area contributed by atoms with E-state index in [1.54, 1.807) is 0 Å². The molecule has 0 aromatic rings. The van der Waals surface area contributed by atoms with Crippen molar-refractivity contribution < 1.29 is 9.53 Å². The zero-order valence-corrected chi connectivity index (χ0v) is 10.5. The Hall–Kier alpha value is -0.610. The molecule has 1 heterocycles. The number of hydrogen-bond acceptors (Lipinski definition) is 3. The molecule has 0 aromatic heterocycles. The number of rotatable bonds is 6. The van der Waals surface area contributed by atoms with Gasteiger partial charge in [0.25, 0.3) is 0 Å². The van der Waals surface area contributed by atoms with Gasteiger partial charge in [0.15, 0.2) is 0 Å². The van der Waals surface area contributed by atoms with Gasteiger partial charge in [-0.1, -0.05) is 6.92 Å². The Morgan fingerprint density at radius 1 is 1.50 bits per heavy atom. The third kappa shape index (κ3) is 3.46. The van der Waals surface area contributed by atoms with E-state index in [9.17, 15) is 4.79 Å². The average Bonchev–Trinajstić information content (AvgIpc) is 2.35. The molecule has 1 saturated heterocycles.